The molecule has 92 valence electrons. The highest BCUT2D eigenvalue weighted by Gasteiger charge is 2.21. The summed E-state index contributed by atoms with van der Waals surface area (Å²) >= 11 is 1.70. The molecule has 0 saturated carbocycles. The van der Waals surface area contributed by atoms with Crippen molar-refractivity contribution in [2.24, 2.45) is 4.99 Å². The Kier molecular flexibility index (Phi) is 3.78. The number of carbonyl (C=O) groups excluding carboxylic acids is 1. The van der Waals surface area contributed by atoms with E-state index in [9.17, 15) is 4.79 Å². The van der Waals surface area contributed by atoms with E-state index in [1.54, 1.807) is 18.3 Å². The zero-order valence-corrected chi connectivity index (χ0v) is 11.0. The average molecular weight is 251 g/mol. The number of amidine groups is 1. The summed E-state index contributed by atoms with van der Waals surface area (Å²) in [7, 11) is 1.83. The zero-order chi connectivity index (χ0) is 12.3. The maximum absolute atomic E-state index is 11.3. The van der Waals surface area contributed by atoms with Crippen molar-refractivity contribution < 1.29 is 4.79 Å². The zero-order valence-electron chi connectivity index (χ0n) is 10.2. The summed E-state index contributed by atoms with van der Waals surface area (Å²) in [5.41, 5.74) is 0. The Morgan fingerprint density at radius 1 is 1.29 bits per heavy atom. The van der Waals surface area contributed by atoms with Gasteiger partial charge in [0.25, 0.3) is 0 Å². The molecule has 0 N–H and O–H groups in total. The number of thiophene rings is 1. The lowest BCUT2D eigenvalue weighted by Crippen LogP contribution is -2.50. The molecule has 0 aliphatic carbocycles. The number of hydrogen-bond donors (Lipinski definition) is 0. The van der Waals surface area contributed by atoms with E-state index in [1.807, 2.05) is 18.0 Å². The van der Waals surface area contributed by atoms with Gasteiger partial charge in [0.2, 0.25) is 5.91 Å². The second-order valence-corrected chi connectivity index (χ2v) is 4.97. The summed E-state index contributed by atoms with van der Waals surface area (Å²) in [4.78, 5) is 21.0. The van der Waals surface area contributed by atoms with E-state index >= 15 is 0 Å². The van der Waals surface area contributed by atoms with Crippen molar-refractivity contribution in [3.63, 3.8) is 0 Å². The summed E-state index contributed by atoms with van der Waals surface area (Å²) in [5, 5.41) is 2.06. The van der Waals surface area contributed by atoms with Gasteiger partial charge in [-0.2, -0.15) is 0 Å². The highest BCUT2D eigenvalue weighted by molar-refractivity contribution is 7.12. The molecule has 17 heavy (non-hydrogen) atoms. The number of hydrogen-bond acceptors (Lipinski definition) is 3. The highest BCUT2D eigenvalue weighted by atomic mass is 32.1. The third-order valence-corrected chi connectivity index (χ3v) is 3.84. The first kappa shape index (κ1) is 12.1. The first-order valence-corrected chi connectivity index (χ1v) is 6.61. The van der Waals surface area contributed by atoms with Gasteiger partial charge in [0, 0.05) is 40.2 Å². The molecule has 1 aliphatic rings. The van der Waals surface area contributed by atoms with Gasteiger partial charge in [0.1, 0.15) is 5.84 Å². The van der Waals surface area contributed by atoms with Crippen molar-refractivity contribution in [1.82, 2.24) is 9.80 Å². The Bertz CT molecular complexity index is 405. The Morgan fingerprint density at radius 3 is 2.41 bits per heavy atom. The summed E-state index contributed by atoms with van der Waals surface area (Å²) in [5.74, 6) is 1.21. The van der Waals surface area contributed by atoms with Gasteiger partial charge in [0.05, 0.1) is 4.88 Å². The van der Waals surface area contributed by atoms with E-state index < -0.39 is 0 Å². The lowest BCUT2D eigenvalue weighted by Gasteiger charge is -2.35. The van der Waals surface area contributed by atoms with Crippen molar-refractivity contribution in [1.29, 1.82) is 0 Å². The van der Waals surface area contributed by atoms with Crippen LogP contribution in [0, 0.1) is 0 Å². The normalized spacial score (nSPS) is 17.4. The van der Waals surface area contributed by atoms with Crippen LogP contribution in [-0.2, 0) is 4.79 Å². The van der Waals surface area contributed by atoms with Crippen LogP contribution in [0.3, 0.4) is 0 Å². The standard InChI is InChI=1S/C12H17N3OS/c1-10(16)14-5-7-15(8-6-14)12(13-2)11-4-3-9-17-11/h3-4,9H,5-8H2,1-2H3. The molecule has 1 aromatic heterocycles. The fourth-order valence-corrected chi connectivity index (χ4v) is 2.83. The van der Waals surface area contributed by atoms with E-state index in [-0.39, 0.29) is 5.91 Å². The van der Waals surface area contributed by atoms with Gasteiger partial charge in [0.15, 0.2) is 0 Å². The first-order valence-electron chi connectivity index (χ1n) is 5.73. The van der Waals surface area contributed by atoms with Crippen LogP contribution in [0.15, 0.2) is 22.5 Å². The highest BCUT2D eigenvalue weighted by Crippen LogP contribution is 2.14. The molecule has 5 heteroatoms. The maximum Gasteiger partial charge on any atom is 0.219 e. The van der Waals surface area contributed by atoms with Crippen LogP contribution in [0.25, 0.3) is 0 Å². The molecule has 1 saturated heterocycles. The van der Waals surface area contributed by atoms with Crippen LogP contribution in [0.4, 0.5) is 0 Å². The lowest BCUT2D eigenvalue weighted by atomic mass is 10.3. The molecule has 4 nitrogen and oxygen atoms in total. The SMILES string of the molecule is CN=C(c1cccs1)N1CCN(C(C)=O)CC1. The second kappa shape index (κ2) is 5.31. The predicted molar refractivity (Wildman–Crippen MR) is 70.6 cm³/mol. The number of amides is 1. The Morgan fingerprint density at radius 2 is 1.94 bits per heavy atom. The van der Waals surface area contributed by atoms with E-state index in [0.29, 0.717) is 0 Å². The van der Waals surface area contributed by atoms with Crippen LogP contribution >= 0.6 is 11.3 Å². The number of aliphatic imine (C=N–C) groups is 1. The molecular formula is C12H17N3OS. The number of nitrogens with zero attached hydrogens (tertiary/aromatic N) is 3. The molecule has 0 bridgehead atoms. The smallest absolute Gasteiger partial charge is 0.219 e. The number of rotatable bonds is 1. The Labute approximate surface area is 106 Å². The van der Waals surface area contributed by atoms with Gasteiger partial charge in [-0.05, 0) is 11.4 Å². The summed E-state index contributed by atoms with van der Waals surface area (Å²) in [6.07, 6.45) is 0. The van der Waals surface area contributed by atoms with Crippen LogP contribution in [-0.4, -0.2) is 54.8 Å². The van der Waals surface area contributed by atoms with E-state index in [4.69, 9.17) is 0 Å². The van der Waals surface area contributed by atoms with Gasteiger partial charge < -0.3 is 9.80 Å². The van der Waals surface area contributed by atoms with Crippen LogP contribution in [0.5, 0.6) is 0 Å². The van der Waals surface area contributed by atoms with Crippen molar-refractivity contribution in [2.45, 2.75) is 6.92 Å². The van der Waals surface area contributed by atoms with Crippen molar-refractivity contribution in [3.8, 4) is 0 Å². The number of carbonyl (C=O) groups is 1. The lowest BCUT2D eigenvalue weighted by molar-refractivity contribution is -0.130. The minimum Gasteiger partial charge on any atom is -0.352 e. The topological polar surface area (TPSA) is 35.9 Å². The second-order valence-electron chi connectivity index (χ2n) is 4.02. The summed E-state index contributed by atoms with van der Waals surface area (Å²) < 4.78 is 0. The van der Waals surface area contributed by atoms with Crippen molar-refractivity contribution >= 4 is 23.1 Å². The predicted octanol–water partition coefficient (Wildman–Crippen LogP) is 1.29. The van der Waals surface area contributed by atoms with Gasteiger partial charge in [-0.15, -0.1) is 11.3 Å². The molecule has 1 aliphatic heterocycles. The van der Waals surface area contributed by atoms with Crippen LogP contribution in [0.2, 0.25) is 0 Å². The van der Waals surface area contributed by atoms with E-state index in [1.165, 1.54) is 4.88 Å². The largest absolute Gasteiger partial charge is 0.352 e. The van der Waals surface area contributed by atoms with Crippen LogP contribution < -0.4 is 0 Å². The fourth-order valence-electron chi connectivity index (χ4n) is 2.05. The monoisotopic (exact) mass is 251 g/mol. The molecule has 0 radical (unpaired) electrons. The first-order chi connectivity index (χ1) is 8.22. The molecule has 0 aromatic carbocycles. The fraction of sp³-hybridized carbons (Fsp3) is 0.500. The number of piperazine rings is 1. The van der Waals surface area contributed by atoms with Gasteiger partial charge in [-0.25, -0.2) is 0 Å². The minimum atomic E-state index is 0.163. The maximum atomic E-state index is 11.3. The summed E-state index contributed by atoms with van der Waals surface area (Å²) in [6, 6.07) is 4.13. The van der Waals surface area contributed by atoms with E-state index in [0.717, 1.165) is 32.0 Å². The molecule has 1 fully saturated rings. The third-order valence-electron chi connectivity index (χ3n) is 2.98. The molecule has 0 atom stereocenters. The molecule has 2 heterocycles. The molecule has 1 amide bonds. The third kappa shape index (κ3) is 2.66. The van der Waals surface area contributed by atoms with Gasteiger partial charge in [-0.3, -0.25) is 9.79 Å². The van der Waals surface area contributed by atoms with Crippen molar-refractivity contribution in [3.05, 3.63) is 22.4 Å². The quantitative estimate of drug-likeness (QED) is 0.557. The Balaban J connectivity index is 2.03. The van der Waals surface area contributed by atoms with Gasteiger partial charge >= 0.3 is 0 Å². The molecular weight excluding hydrogens is 234 g/mol. The Hall–Kier alpha value is -1.36. The van der Waals surface area contributed by atoms with Crippen molar-refractivity contribution in [2.75, 3.05) is 33.2 Å². The molecule has 1 aromatic rings. The van der Waals surface area contributed by atoms with Gasteiger partial charge in [-0.1, -0.05) is 6.07 Å². The van der Waals surface area contributed by atoms with Crippen LogP contribution in [0.1, 0.15) is 11.8 Å². The van der Waals surface area contributed by atoms with E-state index in [2.05, 4.69) is 21.3 Å². The molecule has 2 rings (SSSR count). The molecule has 0 unspecified atom stereocenters. The summed E-state index contributed by atoms with van der Waals surface area (Å²) in [6.45, 7) is 4.94. The minimum absolute atomic E-state index is 0.163. The average Bonchev–Trinajstić information content (AvgIpc) is 2.84. The molecule has 0 spiro atoms.